The average molecular weight is 292 g/mol. The van der Waals surface area contributed by atoms with E-state index in [2.05, 4.69) is 48.3 Å². The number of para-hydroxylation sites is 1. The van der Waals surface area contributed by atoms with Crippen LogP contribution in [0.15, 0.2) is 24.3 Å². The first-order chi connectivity index (χ1) is 10.2. The molecule has 4 nitrogen and oxygen atoms in total. The summed E-state index contributed by atoms with van der Waals surface area (Å²) in [5.41, 5.74) is 2.50. The maximum atomic E-state index is 5.87. The summed E-state index contributed by atoms with van der Waals surface area (Å²) in [5, 5.41) is 3.54. The lowest BCUT2D eigenvalue weighted by molar-refractivity contribution is -0.0315. The van der Waals surface area contributed by atoms with Crippen LogP contribution in [0.3, 0.4) is 0 Å². The van der Waals surface area contributed by atoms with Gasteiger partial charge in [0.15, 0.2) is 0 Å². The molecule has 0 bridgehead atoms. The zero-order valence-electron chi connectivity index (χ0n) is 13.5. The van der Waals surface area contributed by atoms with Crippen molar-refractivity contribution in [2.24, 2.45) is 0 Å². The molecule has 1 saturated heterocycles. The van der Waals surface area contributed by atoms with Gasteiger partial charge in [-0.15, -0.1) is 0 Å². The van der Waals surface area contributed by atoms with E-state index in [-0.39, 0.29) is 6.10 Å². The number of hydrogen-bond acceptors (Lipinski definition) is 4. The third kappa shape index (κ3) is 4.99. The SMILES string of the molecule is COCCc1ccccc1NCC1CN(C(C)C)CCO1. The van der Waals surface area contributed by atoms with Gasteiger partial charge in [-0.3, -0.25) is 4.90 Å². The first kappa shape index (κ1) is 16.3. The van der Waals surface area contributed by atoms with Gasteiger partial charge >= 0.3 is 0 Å². The summed E-state index contributed by atoms with van der Waals surface area (Å²) in [4.78, 5) is 2.48. The predicted molar refractivity (Wildman–Crippen MR) is 87.0 cm³/mol. The normalized spacial score (nSPS) is 19.9. The lowest BCUT2D eigenvalue weighted by atomic mass is 10.1. The number of anilines is 1. The van der Waals surface area contributed by atoms with E-state index in [1.54, 1.807) is 7.11 Å². The van der Waals surface area contributed by atoms with Crippen molar-refractivity contribution in [2.45, 2.75) is 32.4 Å². The number of ether oxygens (including phenoxy) is 2. The zero-order chi connectivity index (χ0) is 15.1. The van der Waals surface area contributed by atoms with Crippen LogP contribution >= 0.6 is 0 Å². The Balaban J connectivity index is 1.87. The summed E-state index contributed by atoms with van der Waals surface area (Å²) >= 11 is 0. The van der Waals surface area contributed by atoms with Gasteiger partial charge in [-0.05, 0) is 31.9 Å². The molecule has 0 radical (unpaired) electrons. The van der Waals surface area contributed by atoms with Crippen LogP contribution < -0.4 is 5.32 Å². The number of hydrogen-bond donors (Lipinski definition) is 1. The van der Waals surface area contributed by atoms with Crippen molar-refractivity contribution in [1.82, 2.24) is 4.90 Å². The van der Waals surface area contributed by atoms with Crippen molar-refractivity contribution in [3.8, 4) is 0 Å². The minimum Gasteiger partial charge on any atom is -0.384 e. The lowest BCUT2D eigenvalue weighted by Crippen LogP contribution is -2.48. The van der Waals surface area contributed by atoms with E-state index in [9.17, 15) is 0 Å². The van der Waals surface area contributed by atoms with Crippen LogP contribution in [0, 0.1) is 0 Å². The van der Waals surface area contributed by atoms with Gasteiger partial charge in [0, 0.05) is 38.5 Å². The van der Waals surface area contributed by atoms with Crippen LogP contribution in [0.1, 0.15) is 19.4 Å². The van der Waals surface area contributed by atoms with Gasteiger partial charge in [0.25, 0.3) is 0 Å². The largest absolute Gasteiger partial charge is 0.384 e. The fourth-order valence-corrected chi connectivity index (χ4v) is 2.68. The molecule has 1 unspecified atom stereocenters. The van der Waals surface area contributed by atoms with Crippen LogP contribution in [-0.4, -0.2) is 57.0 Å². The molecular formula is C17H28N2O2. The molecule has 0 amide bonds. The molecule has 0 aromatic heterocycles. The topological polar surface area (TPSA) is 33.7 Å². The fourth-order valence-electron chi connectivity index (χ4n) is 2.68. The van der Waals surface area contributed by atoms with E-state index in [4.69, 9.17) is 9.47 Å². The van der Waals surface area contributed by atoms with E-state index in [0.29, 0.717) is 6.04 Å². The number of benzene rings is 1. The number of morpholine rings is 1. The zero-order valence-corrected chi connectivity index (χ0v) is 13.5. The highest BCUT2D eigenvalue weighted by molar-refractivity contribution is 5.51. The van der Waals surface area contributed by atoms with Gasteiger partial charge in [-0.2, -0.15) is 0 Å². The highest BCUT2D eigenvalue weighted by Crippen LogP contribution is 2.17. The van der Waals surface area contributed by atoms with Crippen molar-refractivity contribution < 1.29 is 9.47 Å². The van der Waals surface area contributed by atoms with E-state index >= 15 is 0 Å². The number of nitrogens with zero attached hydrogens (tertiary/aromatic N) is 1. The Bertz CT molecular complexity index is 423. The Morgan fingerprint density at radius 2 is 2.19 bits per heavy atom. The second-order valence-corrected chi connectivity index (χ2v) is 5.86. The van der Waals surface area contributed by atoms with E-state index in [1.807, 2.05) is 0 Å². The first-order valence-corrected chi connectivity index (χ1v) is 7.87. The summed E-state index contributed by atoms with van der Waals surface area (Å²) in [6.45, 7) is 8.97. The highest BCUT2D eigenvalue weighted by Gasteiger charge is 2.22. The molecule has 0 saturated carbocycles. The Hall–Kier alpha value is -1.10. The Morgan fingerprint density at radius 1 is 1.38 bits per heavy atom. The molecule has 1 atom stereocenters. The molecule has 4 heteroatoms. The van der Waals surface area contributed by atoms with Gasteiger partial charge in [-0.25, -0.2) is 0 Å². The summed E-state index contributed by atoms with van der Waals surface area (Å²) in [7, 11) is 1.74. The molecule has 0 spiro atoms. The van der Waals surface area contributed by atoms with Gasteiger partial charge in [0.1, 0.15) is 0 Å². The highest BCUT2D eigenvalue weighted by atomic mass is 16.5. The Kier molecular flexibility index (Phi) is 6.49. The Morgan fingerprint density at radius 3 is 2.95 bits per heavy atom. The summed E-state index contributed by atoms with van der Waals surface area (Å²) < 4.78 is 11.0. The smallest absolute Gasteiger partial charge is 0.0874 e. The maximum absolute atomic E-state index is 5.87. The molecule has 2 rings (SSSR count). The lowest BCUT2D eigenvalue weighted by Gasteiger charge is -2.35. The molecule has 1 heterocycles. The van der Waals surface area contributed by atoms with Crippen LogP contribution in [0.25, 0.3) is 0 Å². The molecule has 1 aromatic rings. The third-order valence-corrected chi connectivity index (χ3v) is 4.01. The maximum Gasteiger partial charge on any atom is 0.0874 e. The molecule has 1 aromatic carbocycles. The first-order valence-electron chi connectivity index (χ1n) is 7.87. The van der Waals surface area contributed by atoms with E-state index in [1.165, 1.54) is 11.3 Å². The van der Waals surface area contributed by atoms with E-state index in [0.717, 1.165) is 39.3 Å². The minimum absolute atomic E-state index is 0.261. The molecule has 1 aliphatic rings. The van der Waals surface area contributed by atoms with Gasteiger partial charge in [0.05, 0.1) is 19.3 Å². The minimum atomic E-state index is 0.261. The van der Waals surface area contributed by atoms with Crippen molar-refractivity contribution in [3.63, 3.8) is 0 Å². The molecule has 1 fully saturated rings. The standard InChI is InChI=1S/C17H28N2O2/c1-14(2)19-9-11-21-16(13-19)12-18-17-7-5-4-6-15(17)8-10-20-3/h4-7,14,16,18H,8-13H2,1-3H3. The van der Waals surface area contributed by atoms with E-state index < -0.39 is 0 Å². The molecular weight excluding hydrogens is 264 g/mol. The van der Waals surface area contributed by atoms with Gasteiger partial charge < -0.3 is 14.8 Å². The fraction of sp³-hybridized carbons (Fsp3) is 0.647. The quantitative estimate of drug-likeness (QED) is 0.837. The predicted octanol–water partition coefficient (Wildman–Crippen LogP) is 2.40. The third-order valence-electron chi connectivity index (χ3n) is 4.01. The average Bonchev–Trinajstić information content (AvgIpc) is 2.52. The molecule has 1 aliphatic heterocycles. The second kappa shape index (κ2) is 8.37. The summed E-state index contributed by atoms with van der Waals surface area (Å²) in [6, 6.07) is 9.02. The Labute approximate surface area is 128 Å². The van der Waals surface area contributed by atoms with Gasteiger partial charge in [0.2, 0.25) is 0 Å². The van der Waals surface area contributed by atoms with Crippen molar-refractivity contribution in [2.75, 3.05) is 45.3 Å². The summed E-state index contributed by atoms with van der Waals surface area (Å²) in [5.74, 6) is 0. The van der Waals surface area contributed by atoms with Crippen LogP contribution in [0.5, 0.6) is 0 Å². The van der Waals surface area contributed by atoms with Gasteiger partial charge in [-0.1, -0.05) is 18.2 Å². The summed E-state index contributed by atoms with van der Waals surface area (Å²) in [6.07, 6.45) is 1.19. The molecule has 0 aliphatic carbocycles. The molecule has 1 N–H and O–H groups in total. The monoisotopic (exact) mass is 292 g/mol. The van der Waals surface area contributed by atoms with Crippen molar-refractivity contribution >= 4 is 5.69 Å². The number of methoxy groups -OCH3 is 1. The van der Waals surface area contributed by atoms with Crippen molar-refractivity contribution in [3.05, 3.63) is 29.8 Å². The molecule has 118 valence electrons. The van der Waals surface area contributed by atoms with Crippen LogP contribution in [0.2, 0.25) is 0 Å². The second-order valence-electron chi connectivity index (χ2n) is 5.86. The van der Waals surface area contributed by atoms with Crippen LogP contribution in [0.4, 0.5) is 5.69 Å². The van der Waals surface area contributed by atoms with Crippen LogP contribution in [-0.2, 0) is 15.9 Å². The van der Waals surface area contributed by atoms with Crippen molar-refractivity contribution in [1.29, 1.82) is 0 Å². The number of rotatable bonds is 7. The molecule has 21 heavy (non-hydrogen) atoms. The number of nitrogens with one attached hydrogen (secondary N) is 1.